The molecule has 0 fully saturated rings. The molecule has 0 saturated carbocycles. The van der Waals surface area contributed by atoms with Crippen LogP contribution in [0.2, 0.25) is 0 Å². The van der Waals surface area contributed by atoms with E-state index in [4.69, 9.17) is 4.84 Å². The third kappa shape index (κ3) is 4.65. The predicted molar refractivity (Wildman–Crippen MR) is 63.3 cm³/mol. The molecule has 92 valence electrons. The Hall–Kier alpha value is -1.88. The summed E-state index contributed by atoms with van der Waals surface area (Å²) in [4.78, 5) is 27.4. The van der Waals surface area contributed by atoms with Crippen molar-refractivity contribution in [1.82, 2.24) is 10.8 Å². The largest absolute Gasteiger partial charge is 0.343 e. The second-order valence-electron chi connectivity index (χ2n) is 3.51. The number of nitrogens with one attached hydrogen (secondary N) is 2. The molecule has 0 aliphatic rings. The molecule has 0 heterocycles. The molecule has 0 unspecified atom stereocenters. The summed E-state index contributed by atoms with van der Waals surface area (Å²) in [6.45, 7) is 3.98. The fourth-order valence-electron chi connectivity index (χ4n) is 1.16. The lowest BCUT2D eigenvalue weighted by Crippen LogP contribution is -2.36. The number of benzene rings is 1. The molecule has 0 aliphatic heterocycles. The van der Waals surface area contributed by atoms with Crippen molar-refractivity contribution in [3.63, 3.8) is 0 Å². The number of carbonyl (C=O) groups is 2. The van der Waals surface area contributed by atoms with Crippen LogP contribution in [0.25, 0.3) is 0 Å². The summed E-state index contributed by atoms with van der Waals surface area (Å²) in [5.41, 5.74) is 3.80. The van der Waals surface area contributed by atoms with Crippen molar-refractivity contribution in [2.24, 2.45) is 0 Å². The highest BCUT2D eigenvalue weighted by atomic mass is 16.6. The van der Waals surface area contributed by atoms with Gasteiger partial charge in [-0.1, -0.05) is 17.7 Å². The summed E-state index contributed by atoms with van der Waals surface area (Å²) < 4.78 is 0. The van der Waals surface area contributed by atoms with Gasteiger partial charge in [0.1, 0.15) is 0 Å². The van der Waals surface area contributed by atoms with Crippen LogP contribution in [-0.2, 0) is 9.63 Å². The molecular formula is C12H16N2O3. The topological polar surface area (TPSA) is 67.4 Å². The fourth-order valence-corrected chi connectivity index (χ4v) is 1.16. The van der Waals surface area contributed by atoms with Crippen molar-refractivity contribution in [2.45, 2.75) is 13.8 Å². The molecular weight excluding hydrogens is 220 g/mol. The molecule has 0 atom stereocenters. The first-order valence-corrected chi connectivity index (χ1v) is 5.39. The van der Waals surface area contributed by atoms with Gasteiger partial charge in [-0.2, -0.15) is 0 Å². The Balaban J connectivity index is 2.39. The van der Waals surface area contributed by atoms with E-state index in [2.05, 4.69) is 10.8 Å². The van der Waals surface area contributed by atoms with Crippen LogP contribution in [0.5, 0.6) is 0 Å². The van der Waals surface area contributed by atoms with Gasteiger partial charge in [0.05, 0.1) is 13.2 Å². The number of hydroxylamine groups is 1. The second kappa shape index (κ2) is 6.65. The first-order chi connectivity index (χ1) is 8.13. The lowest BCUT2D eigenvalue weighted by atomic mass is 10.1. The Morgan fingerprint density at radius 2 is 1.88 bits per heavy atom. The molecule has 2 N–H and O–H groups in total. The average molecular weight is 236 g/mol. The Morgan fingerprint density at radius 1 is 1.24 bits per heavy atom. The highest BCUT2D eigenvalue weighted by molar-refractivity contribution is 5.96. The summed E-state index contributed by atoms with van der Waals surface area (Å²) in [6, 6.07) is 7.11. The monoisotopic (exact) mass is 236 g/mol. The van der Waals surface area contributed by atoms with Gasteiger partial charge in [0, 0.05) is 5.56 Å². The van der Waals surface area contributed by atoms with Gasteiger partial charge >= 0.3 is 0 Å². The smallest absolute Gasteiger partial charge is 0.262 e. The Bertz CT molecular complexity index is 387. The van der Waals surface area contributed by atoms with Crippen LogP contribution >= 0.6 is 0 Å². The third-order valence-corrected chi connectivity index (χ3v) is 2.05. The van der Waals surface area contributed by atoms with Gasteiger partial charge in [-0.3, -0.25) is 14.4 Å². The molecule has 17 heavy (non-hydrogen) atoms. The number of hydrogen-bond donors (Lipinski definition) is 2. The molecule has 5 nitrogen and oxygen atoms in total. The molecule has 5 heteroatoms. The van der Waals surface area contributed by atoms with Crippen molar-refractivity contribution in [3.8, 4) is 0 Å². The predicted octanol–water partition coefficient (Wildman–Crippen LogP) is 0.793. The van der Waals surface area contributed by atoms with E-state index in [1.165, 1.54) is 0 Å². The van der Waals surface area contributed by atoms with E-state index in [0.717, 1.165) is 5.56 Å². The van der Waals surface area contributed by atoms with E-state index in [9.17, 15) is 9.59 Å². The van der Waals surface area contributed by atoms with Gasteiger partial charge in [-0.15, -0.1) is 0 Å². The summed E-state index contributed by atoms with van der Waals surface area (Å²) in [5, 5.41) is 2.50. The first-order valence-electron chi connectivity index (χ1n) is 5.39. The van der Waals surface area contributed by atoms with E-state index < -0.39 is 0 Å². The van der Waals surface area contributed by atoms with Crippen LogP contribution in [0.1, 0.15) is 22.8 Å². The lowest BCUT2D eigenvalue weighted by Gasteiger charge is -2.06. The minimum atomic E-state index is -0.382. The first kappa shape index (κ1) is 13.2. The van der Waals surface area contributed by atoms with Gasteiger partial charge in [-0.05, 0) is 26.0 Å². The summed E-state index contributed by atoms with van der Waals surface area (Å²) in [5.74, 6) is -0.663. The quantitative estimate of drug-likeness (QED) is 0.743. The highest BCUT2D eigenvalue weighted by Crippen LogP contribution is 2.02. The van der Waals surface area contributed by atoms with Gasteiger partial charge in [0.15, 0.2) is 0 Å². The van der Waals surface area contributed by atoms with Crippen LogP contribution in [0.15, 0.2) is 24.3 Å². The number of carbonyl (C=O) groups excluding carboxylic acids is 2. The molecule has 0 aromatic heterocycles. The Kier molecular flexibility index (Phi) is 5.16. The number of aryl methyl sites for hydroxylation is 1. The van der Waals surface area contributed by atoms with Crippen molar-refractivity contribution in [3.05, 3.63) is 35.4 Å². The highest BCUT2D eigenvalue weighted by Gasteiger charge is 2.07. The molecule has 0 spiro atoms. The van der Waals surface area contributed by atoms with Crippen LogP contribution in [0.4, 0.5) is 0 Å². The second-order valence-corrected chi connectivity index (χ2v) is 3.51. The molecule has 1 aromatic carbocycles. The van der Waals surface area contributed by atoms with E-state index in [1.54, 1.807) is 19.1 Å². The molecule has 0 saturated heterocycles. The zero-order valence-electron chi connectivity index (χ0n) is 9.95. The maximum Gasteiger partial charge on any atom is 0.262 e. The fraction of sp³-hybridized carbons (Fsp3) is 0.333. The molecule has 2 amide bonds. The van der Waals surface area contributed by atoms with Gasteiger partial charge in [0.2, 0.25) is 0 Å². The SMILES string of the molecule is CCONC(=O)CNC(=O)c1ccc(C)cc1. The van der Waals surface area contributed by atoms with Crippen molar-refractivity contribution in [1.29, 1.82) is 0 Å². The zero-order chi connectivity index (χ0) is 12.7. The normalized spacial score (nSPS) is 9.76. The van der Waals surface area contributed by atoms with Crippen LogP contribution in [0, 0.1) is 6.92 Å². The van der Waals surface area contributed by atoms with E-state index >= 15 is 0 Å². The molecule has 0 aliphatic carbocycles. The number of rotatable bonds is 5. The molecule has 0 bridgehead atoms. The Labute approximate surface area is 100 Å². The number of hydrogen-bond acceptors (Lipinski definition) is 3. The van der Waals surface area contributed by atoms with Gasteiger partial charge in [0.25, 0.3) is 11.8 Å². The summed E-state index contributed by atoms with van der Waals surface area (Å²) in [6.07, 6.45) is 0. The average Bonchev–Trinajstić information content (AvgIpc) is 2.34. The van der Waals surface area contributed by atoms with E-state index in [-0.39, 0.29) is 18.4 Å². The van der Waals surface area contributed by atoms with Crippen molar-refractivity contribution >= 4 is 11.8 Å². The molecule has 1 rings (SSSR count). The number of amides is 2. The Morgan fingerprint density at radius 3 is 2.47 bits per heavy atom. The maximum absolute atomic E-state index is 11.6. The van der Waals surface area contributed by atoms with Gasteiger partial charge in [-0.25, -0.2) is 5.48 Å². The maximum atomic E-state index is 11.6. The summed E-state index contributed by atoms with van der Waals surface area (Å²) in [7, 11) is 0. The van der Waals surface area contributed by atoms with Crippen molar-refractivity contribution < 1.29 is 14.4 Å². The van der Waals surface area contributed by atoms with E-state index in [0.29, 0.717) is 12.2 Å². The van der Waals surface area contributed by atoms with Crippen molar-refractivity contribution in [2.75, 3.05) is 13.2 Å². The minimum Gasteiger partial charge on any atom is -0.343 e. The minimum absolute atomic E-state index is 0.104. The zero-order valence-corrected chi connectivity index (χ0v) is 9.95. The van der Waals surface area contributed by atoms with Crippen LogP contribution in [0.3, 0.4) is 0 Å². The van der Waals surface area contributed by atoms with Crippen LogP contribution in [-0.4, -0.2) is 25.0 Å². The standard InChI is InChI=1S/C12H16N2O3/c1-3-17-14-11(15)8-13-12(16)10-6-4-9(2)5-7-10/h4-7H,3,8H2,1-2H3,(H,13,16)(H,14,15). The molecule has 0 radical (unpaired) electrons. The third-order valence-electron chi connectivity index (χ3n) is 2.05. The summed E-state index contributed by atoms with van der Waals surface area (Å²) >= 11 is 0. The van der Waals surface area contributed by atoms with Crippen LogP contribution < -0.4 is 10.8 Å². The van der Waals surface area contributed by atoms with E-state index in [1.807, 2.05) is 19.1 Å². The lowest BCUT2D eigenvalue weighted by molar-refractivity contribution is -0.132. The van der Waals surface area contributed by atoms with Gasteiger partial charge < -0.3 is 5.32 Å². The molecule has 1 aromatic rings.